The molecule has 3 heteroatoms. The summed E-state index contributed by atoms with van der Waals surface area (Å²) in [7, 11) is 3.78. The van der Waals surface area contributed by atoms with Crippen molar-refractivity contribution < 1.29 is 9.84 Å². The second kappa shape index (κ2) is 4.04. The summed E-state index contributed by atoms with van der Waals surface area (Å²) >= 11 is 0. The van der Waals surface area contributed by atoms with Gasteiger partial charge in [0.15, 0.2) is 0 Å². The van der Waals surface area contributed by atoms with Crippen LogP contribution in [0.3, 0.4) is 0 Å². The summed E-state index contributed by atoms with van der Waals surface area (Å²) in [5.74, 6) is 0. The van der Waals surface area contributed by atoms with Crippen LogP contribution in [-0.4, -0.2) is 49.5 Å². The summed E-state index contributed by atoms with van der Waals surface area (Å²) < 4.78 is 5.23. The molecule has 1 aliphatic rings. The molecule has 1 aliphatic heterocycles. The Kier molecular flexibility index (Phi) is 3.30. The van der Waals surface area contributed by atoms with Crippen molar-refractivity contribution in [2.75, 3.05) is 27.3 Å². The zero-order chi connectivity index (χ0) is 8.27. The summed E-state index contributed by atoms with van der Waals surface area (Å²) in [6.07, 6.45) is 2.49. The third-order valence-corrected chi connectivity index (χ3v) is 2.48. The van der Waals surface area contributed by atoms with Crippen LogP contribution in [0.4, 0.5) is 0 Å². The molecule has 1 N–H and O–H groups in total. The zero-order valence-corrected chi connectivity index (χ0v) is 7.29. The van der Waals surface area contributed by atoms with Crippen molar-refractivity contribution in [3.05, 3.63) is 0 Å². The Bertz CT molecular complexity index is 119. The van der Waals surface area contributed by atoms with Crippen molar-refractivity contribution in [1.82, 2.24) is 4.90 Å². The Morgan fingerprint density at radius 1 is 1.55 bits per heavy atom. The Balaban J connectivity index is 2.34. The van der Waals surface area contributed by atoms with E-state index in [1.54, 1.807) is 7.11 Å². The molecule has 0 radical (unpaired) electrons. The van der Waals surface area contributed by atoms with Crippen LogP contribution in [-0.2, 0) is 4.74 Å². The third kappa shape index (κ3) is 2.15. The number of hydrogen-bond acceptors (Lipinski definition) is 3. The van der Waals surface area contributed by atoms with Crippen LogP contribution in [0.1, 0.15) is 12.8 Å². The SMILES string of the molecule is CO[C@@H]1CC[C@H](CO)N(C)C1. The molecule has 1 heterocycles. The van der Waals surface area contributed by atoms with Crippen LogP contribution in [0.15, 0.2) is 0 Å². The van der Waals surface area contributed by atoms with Gasteiger partial charge in [-0.2, -0.15) is 0 Å². The molecule has 11 heavy (non-hydrogen) atoms. The second-order valence-corrected chi connectivity index (χ2v) is 3.21. The molecular weight excluding hydrogens is 142 g/mol. The molecule has 1 rings (SSSR count). The minimum Gasteiger partial charge on any atom is -0.395 e. The Morgan fingerprint density at radius 2 is 2.27 bits per heavy atom. The van der Waals surface area contributed by atoms with E-state index in [9.17, 15) is 0 Å². The highest BCUT2D eigenvalue weighted by Gasteiger charge is 2.24. The number of hydrogen-bond donors (Lipinski definition) is 1. The van der Waals surface area contributed by atoms with Gasteiger partial charge in [-0.3, -0.25) is 4.90 Å². The van der Waals surface area contributed by atoms with E-state index in [2.05, 4.69) is 4.90 Å². The molecule has 3 nitrogen and oxygen atoms in total. The van der Waals surface area contributed by atoms with Crippen LogP contribution >= 0.6 is 0 Å². The number of methoxy groups -OCH3 is 1. The largest absolute Gasteiger partial charge is 0.395 e. The van der Waals surface area contributed by atoms with Gasteiger partial charge >= 0.3 is 0 Å². The van der Waals surface area contributed by atoms with Crippen LogP contribution < -0.4 is 0 Å². The molecule has 0 aromatic carbocycles. The van der Waals surface area contributed by atoms with Crippen LogP contribution in [0, 0.1) is 0 Å². The minimum atomic E-state index is 0.271. The van der Waals surface area contributed by atoms with Gasteiger partial charge in [0.05, 0.1) is 12.7 Å². The van der Waals surface area contributed by atoms with Crippen molar-refractivity contribution in [3.63, 3.8) is 0 Å². The highest BCUT2D eigenvalue weighted by atomic mass is 16.5. The lowest BCUT2D eigenvalue weighted by Gasteiger charge is -2.35. The summed E-state index contributed by atoms with van der Waals surface area (Å²) in [5.41, 5.74) is 0. The standard InChI is InChI=1S/C8H17NO2/c1-9-5-8(11-2)4-3-7(9)6-10/h7-8,10H,3-6H2,1-2H3/t7-,8-/m1/s1. The summed E-state index contributed by atoms with van der Waals surface area (Å²) in [4.78, 5) is 2.16. The van der Waals surface area contributed by atoms with Gasteiger partial charge in [-0.05, 0) is 19.9 Å². The van der Waals surface area contributed by atoms with Gasteiger partial charge in [0.25, 0.3) is 0 Å². The van der Waals surface area contributed by atoms with Crippen molar-refractivity contribution >= 4 is 0 Å². The smallest absolute Gasteiger partial charge is 0.0698 e. The lowest BCUT2D eigenvalue weighted by molar-refractivity contribution is 0.00280. The van der Waals surface area contributed by atoms with E-state index in [0.29, 0.717) is 12.1 Å². The fraction of sp³-hybridized carbons (Fsp3) is 1.00. The first-order chi connectivity index (χ1) is 5.27. The number of ether oxygens (including phenoxy) is 1. The number of likely N-dealkylation sites (tertiary alicyclic amines) is 1. The minimum absolute atomic E-state index is 0.271. The number of aliphatic hydroxyl groups excluding tert-OH is 1. The van der Waals surface area contributed by atoms with Crippen LogP contribution in [0.2, 0.25) is 0 Å². The highest BCUT2D eigenvalue weighted by molar-refractivity contribution is 4.78. The van der Waals surface area contributed by atoms with E-state index in [-0.39, 0.29) is 6.61 Å². The van der Waals surface area contributed by atoms with Gasteiger partial charge in [0, 0.05) is 19.7 Å². The Morgan fingerprint density at radius 3 is 2.73 bits per heavy atom. The average Bonchev–Trinajstić information content (AvgIpc) is 2.04. The number of likely N-dealkylation sites (N-methyl/N-ethyl adjacent to an activating group) is 1. The normalized spacial score (nSPS) is 34.1. The van der Waals surface area contributed by atoms with E-state index in [1.165, 1.54) is 0 Å². The lowest BCUT2D eigenvalue weighted by atomic mass is 10.0. The van der Waals surface area contributed by atoms with Crippen LogP contribution in [0.25, 0.3) is 0 Å². The third-order valence-electron chi connectivity index (χ3n) is 2.48. The zero-order valence-electron chi connectivity index (χ0n) is 7.29. The Labute approximate surface area is 68.0 Å². The van der Waals surface area contributed by atoms with Gasteiger partial charge in [0.1, 0.15) is 0 Å². The Hall–Kier alpha value is -0.120. The maximum Gasteiger partial charge on any atom is 0.0698 e. The summed E-state index contributed by atoms with van der Waals surface area (Å²) in [6, 6.07) is 0.349. The topological polar surface area (TPSA) is 32.7 Å². The molecule has 0 spiro atoms. The first-order valence-corrected chi connectivity index (χ1v) is 4.11. The summed E-state index contributed by atoms with van der Waals surface area (Å²) in [5, 5.41) is 8.94. The van der Waals surface area contributed by atoms with E-state index >= 15 is 0 Å². The second-order valence-electron chi connectivity index (χ2n) is 3.21. The average molecular weight is 159 g/mol. The molecule has 0 bridgehead atoms. The molecule has 0 amide bonds. The molecule has 66 valence electrons. The first-order valence-electron chi connectivity index (χ1n) is 4.11. The molecule has 1 fully saturated rings. The molecule has 0 unspecified atom stereocenters. The molecule has 0 saturated carbocycles. The summed E-state index contributed by atoms with van der Waals surface area (Å²) in [6.45, 7) is 1.22. The highest BCUT2D eigenvalue weighted by Crippen LogP contribution is 2.16. The van der Waals surface area contributed by atoms with E-state index < -0.39 is 0 Å². The predicted octanol–water partition coefficient (Wildman–Crippen LogP) is 0.0879. The van der Waals surface area contributed by atoms with Gasteiger partial charge in [0.2, 0.25) is 0 Å². The van der Waals surface area contributed by atoms with E-state index in [1.807, 2.05) is 7.05 Å². The van der Waals surface area contributed by atoms with Gasteiger partial charge in [-0.25, -0.2) is 0 Å². The van der Waals surface area contributed by atoms with Crippen molar-refractivity contribution in [2.24, 2.45) is 0 Å². The van der Waals surface area contributed by atoms with E-state index in [0.717, 1.165) is 19.4 Å². The maximum atomic E-state index is 8.94. The van der Waals surface area contributed by atoms with Gasteiger partial charge < -0.3 is 9.84 Å². The predicted molar refractivity (Wildman–Crippen MR) is 43.5 cm³/mol. The maximum absolute atomic E-state index is 8.94. The van der Waals surface area contributed by atoms with E-state index in [4.69, 9.17) is 9.84 Å². The molecule has 2 atom stereocenters. The van der Waals surface area contributed by atoms with Crippen molar-refractivity contribution in [2.45, 2.75) is 25.0 Å². The van der Waals surface area contributed by atoms with Gasteiger partial charge in [-0.15, -0.1) is 0 Å². The van der Waals surface area contributed by atoms with Crippen molar-refractivity contribution in [1.29, 1.82) is 0 Å². The molecule has 0 aromatic heterocycles. The lowest BCUT2D eigenvalue weighted by Crippen LogP contribution is -2.45. The molecular formula is C8H17NO2. The number of piperidine rings is 1. The monoisotopic (exact) mass is 159 g/mol. The fourth-order valence-electron chi connectivity index (χ4n) is 1.58. The molecule has 1 saturated heterocycles. The number of nitrogens with zero attached hydrogens (tertiary/aromatic N) is 1. The van der Waals surface area contributed by atoms with Gasteiger partial charge in [-0.1, -0.05) is 0 Å². The molecule has 0 aliphatic carbocycles. The fourth-order valence-corrected chi connectivity index (χ4v) is 1.58. The van der Waals surface area contributed by atoms with Crippen molar-refractivity contribution in [3.8, 4) is 0 Å². The molecule has 0 aromatic rings. The number of rotatable bonds is 2. The number of aliphatic hydroxyl groups is 1. The quantitative estimate of drug-likeness (QED) is 0.619. The first kappa shape index (κ1) is 8.97. The van der Waals surface area contributed by atoms with Crippen LogP contribution in [0.5, 0.6) is 0 Å².